The Labute approximate surface area is 196 Å². The van der Waals surface area contributed by atoms with Crippen molar-refractivity contribution >= 4 is 39.5 Å². The minimum absolute atomic E-state index is 0.187. The van der Waals surface area contributed by atoms with E-state index in [4.69, 9.17) is 21.1 Å². The number of likely N-dealkylation sites (tertiary alicyclic amines) is 2. The van der Waals surface area contributed by atoms with Gasteiger partial charge in [0.05, 0.1) is 17.1 Å². The Bertz CT molecular complexity index is 882. The van der Waals surface area contributed by atoms with Crippen molar-refractivity contribution in [2.75, 3.05) is 13.2 Å². The van der Waals surface area contributed by atoms with Crippen LogP contribution in [0.3, 0.4) is 0 Å². The number of rotatable bonds is 4. The van der Waals surface area contributed by atoms with Gasteiger partial charge in [-0.25, -0.2) is 4.79 Å². The van der Waals surface area contributed by atoms with Crippen LogP contribution >= 0.6 is 27.5 Å². The number of hydrogen-bond acceptors (Lipinski definition) is 5. The summed E-state index contributed by atoms with van der Waals surface area (Å²) in [6.07, 6.45) is 1.99. The van der Waals surface area contributed by atoms with E-state index in [1.807, 2.05) is 6.07 Å². The van der Waals surface area contributed by atoms with Crippen LogP contribution in [0.4, 0.5) is 4.79 Å². The third-order valence-electron chi connectivity index (χ3n) is 5.40. The lowest BCUT2D eigenvalue weighted by atomic mass is 10.1. The predicted octanol–water partition coefficient (Wildman–Crippen LogP) is 4.76. The number of halogens is 2. The average molecular weight is 513 g/mol. The van der Waals surface area contributed by atoms with Crippen LogP contribution in [0.5, 0.6) is 5.75 Å². The number of carbonyl (C=O) groups is 2. The molecule has 0 unspecified atom stereocenters. The van der Waals surface area contributed by atoms with Crippen molar-refractivity contribution in [2.45, 2.75) is 70.2 Å². The molecule has 2 amide bonds. The van der Waals surface area contributed by atoms with Crippen molar-refractivity contribution in [3.63, 3.8) is 0 Å². The fourth-order valence-electron chi connectivity index (χ4n) is 4.01. The molecule has 2 fully saturated rings. The molecule has 0 bridgehead atoms. The van der Waals surface area contributed by atoms with Crippen LogP contribution in [0.2, 0.25) is 5.02 Å². The number of amides is 2. The number of benzene rings is 1. The molecule has 3 atom stereocenters. The first-order valence-electron chi connectivity index (χ1n) is 10.4. The zero-order chi connectivity index (χ0) is 22.8. The molecule has 0 aliphatic carbocycles. The van der Waals surface area contributed by atoms with Gasteiger partial charge in [0, 0.05) is 11.0 Å². The van der Waals surface area contributed by atoms with E-state index in [9.17, 15) is 14.9 Å². The van der Waals surface area contributed by atoms with Crippen molar-refractivity contribution in [1.29, 1.82) is 5.26 Å². The number of nitriles is 1. The zero-order valence-electron chi connectivity index (χ0n) is 17.9. The van der Waals surface area contributed by atoms with Gasteiger partial charge in [-0.15, -0.1) is 0 Å². The lowest BCUT2D eigenvalue weighted by molar-refractivity contribution is -0.136. The van der Waals surface area contributed by atoms with Crippen LogP contribution in [0, 0.1) is 11.3 Å². The average Bonchev–Trinajstić information content (AvgIpc) is 3.32. The third kappa shape index (κ3) is 5.64. The Hall–Kier alpha value is -1.98. The Kier molecular flexibility index (Phi) is 7.38. The molecule has 0 aromatic heterocycles. The Morgan fingerprint density at radius 1 is 1.29 bits per heavy atom. The van der Waals surface area contributed by atoms with Gasteiger partial charge in [-0.1, -0.05) is 27.5 Å². The minimum Gasteiger partial charge on any atom is -0.490 e. The van der Waals surface area contributed by atoms with Crippen LogP contribution < -0.4 is 4.74 Å². The zero-order valence-corrected chi connectivity index (χ0v) is 20.3. The first kappa shape index (κ1) is 23.7. The monoisotopic (exact) mass is 511 g/mol. The molecule has 7 nitrogen and oxygen atoms in total. The van der Waals surface area contributed by atoms with Gasteiger partial charge in [0.2, 0.25) is 5.91 Å². The van der Waals surface area contributed by atoms with Crippen molar-refractivity contribution in [3.8, 4) is 11.8 Å². The maximum atomic E-state index is 13.3. The highest BCUT2D eigenvalue weighted by molar-refractivity contribution is 9.10. The smallest absolute Gasteiger partial charge is 0.411 e. The SMILES string of the molecule is CC(C)(C)OC(=O)N1[C@H](COc2ccc(Br)cc2Cl)CC[C@@H]1C(=O)N1CCC[C@H]1C#N. The van der Waals surface area contributed by atoms with E-state index in [-0.39, 0.29) is 18.6 Å². The molecular formula is C22H27BrClN3O4. The summed E-state index contributed by atoms with van der Waals surface area (Å²) in [4.78, 5) is 29.4. The molecule has 0 saturated carbocycles. The molecule has 0 radical (unpaired) electrons. The summed E-state index contributed by atoms with van der Waals surface area (Å²) < 4.78 is 12.3. The second-order valence-electron chi connectivity index (χ2n) is 8.84. The minimum atomic E-state index is -0.698. The van der Waals surface area contributed by atoms with E-state index < -0.39 is 23.8 Å². The van der Waals surface area contributed by atoms with E-state index in [0.717, 1.165) is 10.9 Å². The van der Waals surface area contributed by atoms with Crippen LogP contribution in [0.25, 0.3) is 0 Å². The Morgan fingerprint density at radius 2 is 2.03 bits per heavy atom. The Morgan fingerprint density at radius 3 is 2.68 bits per heavy atom. The Balaban J connectivity index is 1.79. The van der Waals surface area contributed by atoms with E-state index in [1.165, 1.54) is 4.90 Å². The third-order valence-corrected chi connectivity index (χ3v) is 6.19. The first-order valence-corrected chi connectivity index (χ1v) is 11.6. The number of hydrogen-bond donors (Lipinski definition) is 0. The second kappa shape index (κ2) is 9.66. The van der Waals surface area contributed by atoms with Gasteiger partial charge in [-0.3, -0.25) is 9.69 Å². The normalized spacial score (nSPS) is 23.5. The molecule has 9 heteroatoms. The molecule has 2 heterocycles. The fourth-order valence-corrected chi connectivity index (χ4v) is 4.74. The molecule has 1 aromatic carbocycles. The summed E-state index contributed by atoms with van der Waals surface area (Å²) in [7, 11) is 0. The van der Waals surface area contributed by atoms with Crippen LogP contribution in [0.1, 0.15) is 46.5 Å². The summed E-state index contributed by atoms with van der Waals surface area (Å²) in [5.41, 5.74) is -0.698. The summed E-state index contributed by atoms with van der Waals surface area (Å²) in [5, 5.41) is 9.84. The molecule has 2 aliphatic rings. The lowest BCUT2D eigenvalue weighted by Gasteiger charge is -2.34. The van der Waals surface area contributed by atoms with E-state index in [2.05, 4.69) is 22.0 Å². The summed E-state index contributed by atoms with van der Waals surface area (Å²) in [6, 6.07) is 6.06. The lowest BCUT2D eigenvalue weighted by Crippen LogP contribution is -2.53. The fraction of sp³-hybridized carbons (Fsp3) is 0.591. The molecule has 168 valence electrons. The largest absolute Gasteiger partial charge is 0.490 e. The van der Waals surface area contributed by atoms with Gasteiger partial charge in [-0.2, -0.15) is 5.26 Å². The van der Waals surface area contributed by atoms with Gasteiger partial charge >= 0.3 is 6.09 Å². The second-order valence-corrected chi connectivity index (χ2v) is 10.2. The number of nitrogens with zero attached hydrogens (tertiary/aromatic N) is 3. The van der Waals surface area contributed by atoms with Gasteiger partial charge in [-0.05, 0) is 64.7 Å². The maximum absolute atomic E-state index is 13.3. The molecule has 31 heavy (non-hydrogen) atoms. The van der Waals surface area contributed by atoms with Crippen molar-refractivity contribution in [2.24, 2.45) is 0 Å². The maximum Gasteiger partial charge on any atom is 0.411 e. The van der Waals surface area contributed by atoms with E-state index in [0.29, 0.717) is 36.6 Å². The topological polar surface area (TPSA) is 82.9 Å². The van der Waals surface area contributed by atoms with E-state index >= 15 is 0 Å². The van der Waals surface area contributed by atoms with Gasteiger partial charge in [0.15, 0.2) is 0 Å². The van der Waals surface area contributed by atoms with E-state index in [1.54, 1.807) is 37.8 Å². The molecule has 3 rings (SSSR count). The number of ether oxygens (including phenoxy) is 2. The first-order chi connectivity index (χ1) is 14.6. The molecule has 0 spiro atoms. The predicted molar refractivity (Wildman–Crippen MR) is 120 cm³/mol. The summed E-state index contributed by atoms with van der Waals surface area (Å²) in [6.45, 7) is 6.09. The molecular weight excluding hydrogens is 486 g/mol. The highest BCUT2D eigenvalue weighted by Crippen LogP contribution is 2.32. The van der Waals surface area contributed by atoms with Crippen molar-refractivity contribution < 1.29 is 19.1 Å². The summed E-state index contributed by atoms with van der Waals surface area (Å²) >= 11 is 9.61. The van der Waals surface area contributed by atoms with Crippen LogP contribution in [-0.4, -0.2) is 58.7 Å². The standard InChI is InChI=1S/C22H27BrClN3O4/c1-22(2,3)31-21(29)27-16(13-30-19-9-6-14(23)11-17(19)24)7-8-18(27)20(28)26-10-4-5-15(26)12-25/h6,9,11,15-16,18H,4-5,7-8,10,13H2,1-3H3/t15-,16-,18+/m0/s1. The highest BCUT2D eigenvalue weighted by atomic mass is 79.9. The molecule has 2 aliphatic heterocycles. The van der Waals surface area contributed by atoms with Gasteiger partial charge in [0.1, 0.15) is 30.0 Å². The summed E-state index contributed by atoms with van der Waals surface area (Å²) in [5.74, 6) is 0.312. The quantitative estimate of drug-likeness (QED) is 0.581. The van der Waals surface area contributed by atoms with Gasteiger partial charge < -0.3 is 14.4 Å². The molecule has 2 saturated heterocycles. The highest BCUT2D eigenvalue weighted by Gasteiger charge is 2.46. The molecule has 0 N–H and O–H groups in total. The van der Waals surface area contributed by atoms with Crippen molar-refractivity contribution in [3.05, 3.63) is 27.7 Å². The number of carbonyl (C=O) groups excluding carboxylic acids is 2. The molecule has 1 aromatic rings. The van der Waals surface area contributed by atoms with Gasteiger partial charge in [0.25, 0.3) is 0 Å². The van der Waals surface area contributed by atoms with Crippen molar-refractivity contribution in [1.82, 2.24) is 9.80 Å². The van der Waals surface area contributed by atoms with Crippen LogP contribution in [0.15, 0.2) is 22.7 Å². The van der Waals surface area contributed by atoms with Crippen LogP contribution in [-0.2, 0) is 9.53 Å².